The predicted molar refractivity (Wildman–Crippen MR) is 284 cm³/mol. The SMILES string of the molecule is O=C1N2CN3C(=O)N4CN5C(=O)N6CN7C(=O)N8CN9C(=O)N%10CN%11C(=O)N%12CN%13C(=O)N%14CN%15C(=O)N%16CN1C1C2N2CN%17C(=O)N(CN%18C(=O)N(CN%19C(=O)N(CN%20C(=O)N(CN%21C(=O)N(CN%22C(=O)N(CN%23C(=O)N(CN1C2=O)C%16C%15%23)C%14C%13%22)C%12C%11%21)C%10C9%20)C8C7%19)C6C5%18)C4C3%17. The van der Waals surface area contributed by atoms with Gasteiger partial charge in [-0.1, -0.05) is 0 Å². The molecule has 0 aromatic rings. The first-order valence-corrected chi connectivity index (χ1v) is 31.5. The van der Waals surface area contributed by atoms with Crippen molar-refractivity contribution >= 4 is 96.5 Å². The Bertz CT molecular complexity index is 2960. The number of nitrogens with zero attached hydrogens (tertiary/aromatic N) is 32. The van der Waals surface area contributed by atoms with E-state index in [-0.39, 0.29) is 0 Å². The molecule has 24 fully saturated rings. The molecule has 24 aliphatic heterocycles. The van der Waals surface area contributed by atoms with E-state index in [1.807, 2.05) is 0 Å². The summed E-state index contributed by atoms with van der Waals surface area (Å²) in [6.45, 7) is -8.88. The Morgan fingerprint density at radius 3 is 0.188 bits per heavy atom. The summed E-state index contributed by atoms with van der Waals surface area (Å²) in [7, 11) is 0. The molecule has 0 spiro atoms. The maximum Gasteiger partial charge on any atom is 0.326 e. The smallest absolute Gasteiger partial charge is 0.282 e. The molecule has 24 saturated heterocycles. The van der Waals surface area contributed by atoms with Crippen LogP contribution in [0.2, 0.25) is 0 Å². The molecule has 32 amide bonds. The van der Waals surface area contributed by atoms with Crippen molar-refractivity contribution in [1.82, 2.24) is 157 Å². The fraction of sp³-hybridized carbons (Fsp3) is 0.667. The number of amides is 32. The van der Waals surface area contributed by atoms with Crippen molar-refractivity contribution in [2.75, 3.05) is 107 Å². The largest absolute Gasteiger partial charge is 0.326 e. The monoisotopic (exact) mass is 1330 g/mol. The van der Waals surface area contributed by atoms with Gasteiger partial charge in [0.1, 0.15) is 107 Å². The molecular weight excluding hydrogens is 1280 g/mol. The first-order valence-electron chi connectivity index (χ1n) is 31.5. The van der Waals surface area contributed by atoms with Crippen LogP contribution in [0.4, 0.5) is 76.7 Å². The minimum atomic E-state index is -1.28. The Kier molecular flexibility index (Phi) is 7.61. The standard InChI is InChI=1S/C48H48N32O16/c81-33-49-1-50-18-20-54(34(50)82)4-58-22-24-62(38(58)86)8-66-26-28-70(42(66)90)12-74-30-32-78(46(74)94)15-77-31-29-73(45(77)93)11-69-27-25-65(41(69)89)7-61-23-21-57(37(61)85)3-53(33)19-17(49)51-2-52(18)36(84)56(20)6-60(22)40(88)64(24)10-68(26)44(92)72(28)14-76(30)48(96)80(32)16-79(31)47(95)75(29)13-71(27)43(91)67(25)9-63(23)39(87)59(21)5-55(19)35(51)83/h17-32H,1-16H2. The number of rotatable bonds is 0. The molecule has 96 heavy (non-hydrogen) atoms. The number of hydrogen-bond acceptors (Lipinski definition) is 16. The van der Waals surface area contributed by atoms with Gasteiger partial charge in [0.05, 0.1) is 0 Å². The Morgan fingerprint density at radius 2 is 0.146 bits per heavy atom. The van der Waals surface area contributed by atoms with E-state index in [0.29, 0.717) is 0 Å². The van der Waals surface area contributed by atoms with Crippen LogP contribution in [0, 0.1) is 0 Å². The van der Waals surface area contributed by atoms with Crippen LogP contribution in [-0.4, -0.2) is 459 Å². The zero-order valence-electron chi connectivity index (χ0n) is 49.4. The minimum Gasteiger partial charge on any atom is -0.282 e. The second-order valence-corrected chi connectivity index (χ2v) is 28.4. The van der Waals surface area contributed by atoms with Gasteiger partial charge in [0.25, 0.3) is 0 Å². The van der Waals surface area contributed by atoms with Gasteiger partial charge in [-0.3, -0.25) is 157 Å². The predicted octanol–water partition coefficient (Wildman–Crippen LogP) is -7.55. The summed E-state index contributed by atoms with van der Waals surface area (Å²) in [6.07, 6.45) is -20.4. The van der Waals surface area contributed by atoms with E-state index in [9.17, 15) is 0 Å². The van der Waals surface area contributed by atoms with Crippen molar-refractivity contribution in [2.45, 2.75) is 98.7 Å². The summed E-state index contributed by atoms with van der Waals surface area (Å²) in [5.41, 5.74) is 0. The van der Waals surface area contributed by atoms with E-state index >= 15 is 76.7 Å². The van der Waals surface area contributed by atoms with Crippen LogP contribution >= 0.6 is 0 Å². The van der Waals surface area contributed by atoms with Gasteiger partial charge in [-0.15, -0.1) is 0 Å². The van der Waals surface area contributed by atoms with Crippen molar-refractivity contribution < 1.29 is 76.7 Å². The summed E-state index contributed by atoms with van der Waals surface area (Å²) in [6, 6.07) is -11.9. The molecule has 24 aliphatic rings. The molecule has 0 saturated carbocycles. The van der Waals surface area contributed by atoms with Crippen molar-refractivity contribution in [3.63, 3.8) is 0 Å². The maximum atomic E-state index is 15.5. The molecule has 496 valence electrons. The van der Waals surface area contributed by atoms with E-state index in [2.05, 4.69) is 0 Å². The second-order valence-electron chi connectivity index (χ2n) is 28.4. The zero-order chi connectivity index (χ0) is 64.3. The maximum absolute atomic E-state index is 15.5. The molecule has 0 aliphatic carbocycles. The third kappa shape index (κ3) is 4.70. The molecule has 0 atom stereocenters. The van der Waals surface area contributed by atoms with E-state index in [1.165, 1.54) is 157 Å². The van der Waals surface area contributed by atoms with Gasteiger partial charge in [0.2, 0.25) is 0 Å². The lowest BCUT2D eigenvalue weighted by Crippen LogP contribution is -2.63. The van der Waals surface area contributed by atoms with Crippen LogP contribution in [0.15, 0.2) is 0 Å². The molecule has 0 radical (unpaired) electrons. The fourth-order valence-electron chi connectivity index (χ4n) is 21.3. The van der Waals surface area contributed by atoms with Crippen molar-refractivity contribution in [1.29, 1.82) is 0 Å². The summed E-state index contributed by atoms with van der Waals surface area (Å²) in [5, 5.41) is 0. The van der Waals surface area contributed by atoms with Gasteiger partial charge < -0.3 is 0 Å². The topological polar surface area (TPSA) is 377 Å². The van der Waals surface area contributed by atoms with Crippen molar-refractivity contribution in [3.05, 3.63) is 0 Å². The van der Waals surface area contributed by atoms with Gasteiger partial charge in [0, 0.05) is 0 Å². The second kappa shape index (κ2) is 14.6. The van der Waals surface area contributed by atoms with Gasteiger partial charge >= 0.3 is 96.5 Å². The van der Waals surface area contributed by atoms with Crippen LogP contribution < -0.4 is 0 Å². The van der Waals surface area contributed by atoms with E-state index in [0.717, 1.165) is 0 Å². The van der Waals surface area contributed by atoms with Crippen LogP contribution in [0.5, 0.6) is 0 Å². The lowest BCUT2D eigenvalue weighted by molar-refractivity contribution is -0.0210. The molecule has 0 unspecified atom stereocenters. The van der Waals surface area contributed by atoms with Crippen LogP contribution in [0.25, 0.3) is 0 Å². The Balaban J connectivity index is 0.661. The highest BCUT2D eigenvalue weighted by Gasteiger charge is 2.78. The first kappa shape index (κ1) is 49.9. The average molecular weight is 1330 g/mol. The fourth-order valence-corrected chi connectivity index (χ4v) is 21.3. The zero-order valence-corrected chi connectivity index (χ0v) is 49.4. The Hall–Kier alpha value is -11.7. The highest BCUT2D eigenvalue weighted by molar-refractivity contribution is 5.96. The molecule has 0 bridgehead atoms. The average Bonchev–Trinajstić information content (AvgIpc) is 1.52. The number of hydrogen-bond donors (Lipinski definition) is 0. The summed E-state index contributed by atoms with van der Waals surface area (Å²) >= 11 is 0. The molecule has 24 rings (SSSR count). The van der Waals surface area contributed by atoms with E-state index in [1.54, 1.807) is 0 Å². The molecule has 0 N–H and O–H groups in total. The Morgan fingerprint density at radius 1 is 0.104 bits per heavy atom. The molecule has 24 heterocycles. The van der Waals surface area contributed by atoms with Crippen molar-refractivity contribution in [3.8, 4) is 0 Å². The molecule has 0 aromatic heterocycles. The first-order chi connectivity index (χ1) is 46.3. The minimum absolute atomic E-state index is 0.555. The van der Waals surface area contributed by atoms with Gasteiger partial charge in [0.15, 0.2) is 98.7 Å². The van der Waals surface area contributed by atoms with Gasteiger partial charge in [-0.2, -0.15) is 0 Å². The van der Waals surface area contributed by atoms with E-state index in [4.69, 9.17) is 0 Å². The summed E-state index contributed by atoms with van der Waals surface area (Å²) in [5.74, 6) is 0. The van der Waals surface area contributed by atoms with Crippen molar-refractivity contribution in [2.24, 2.45) is 0 Å². The summed E-state index contributed by atoms with van der Waals surface area (Å²) < 4.78 is 0. The number of carbonyl (C=O) groups excluding carboxylic acids is 16. The van der Waals surface area contributed by atoms with Crippen LogP contribution in [0.1, 0.15) is 0 Å². The molecular formula is C48H48N32O16. The number of carbonyl (C=O) groups is 16. The lowest BCUT2D eigenvalue weighted by Gasteiger charge is -2.42. The highest BCUT2D eigenvalue weighted by Crippen LogP contribution is 2.53. The normalized spacial score (nSPS) is 40.3. The lowest BCUT2D eigenvalue weighted by atomic mass is 10.2. The Labute approximate surface area is 534 Å². The highest BCUT2D eigenvalue weighted by atomic mass is 16.3. The van der Waals surface area contributed by atoms with E-state index < -0.39 is 302 Å². The van der Waals surface area contributed by atoms with Crippen LogP contribution in [-0.2, 0) is 0 Å². The molecule has 0 aromatic carbocycles. The third-order valence-electron chi connectivity index (χ3n) is 25.1. The van der Waals surface area contributed by atoms with Crippen LogP contribution in [0.3, 0.4) is 0 Å². The summed E-state index contributed by atoms with van der Waals surface area (Å²) in [4.78, 5) is 289. The third-order valence-corrected chi connectivity index (χ3v) is 25.1. The van der Waals surface area contributed by atoms with Gasteiger partial charge in [-0.25, -0.2) is 76.7 Å². The molecule has 48 nitrogen and oxygen atoms in total. The quantitative estimate of drug-likeness (QED) is 0.217. The van der Waals surface area contributed by atoms with Gasteiger partial charge in [-0.05, 0) is 0 Å². The molecule has 48 heteroatoms. The number of urea groups is 16.